The van der Waals surface area contributed by atoms with Crippen molar-refractivity contribution < 1.29 is 25.0 Å². The first-order valence-corrected chi connectivity index (χ1v) is 10.2. The number of nitrogens with two attached hydrogens (primary N) is 2. The summed E-state index contributed by atoms with van der Waals surface area (Å²) in [5.74, 6) is -2.27. The Balaban J connectivity index is 0.00000676. The van der Waals surface area contributed by atoms with Crippen LogP contribution in [0.1, 0.15) is 66.7 Å². The lowest BCUT2D eigenvalue weighted by Crippen LogP contribution is -2.75. The maximum Gasteiger partial charge on any atom is 0.305 e. The first-order chi connectivity index (χ1) is 12.1. The predicted octanol–water partition coefficient (Wildman–Crippen LogP) is 0.899. The molecule has 1 aliphatic heterocycles. The molecular formula is C18H35N3O5S. The lowest BCUT2D eigenvalue weighted by Gasteiger charge is -2.66. The number of hydrogen-bond acceptors (Lipinski definition) is 5. The second-order valence-electron chi connectivity index (χ2n) is 7.08. The topological polar surface area (TPSA) is 158 Å². The van der Waals surface area contributed by atoms with Gasteiger partial charge in [0, 0.05) is 9.49 Å². The normalized spacial score (nSPS) is 19.9. The van der Waals surface area contributed by atoms with Crippen LogP contribution in [0.2, 0.25) is 0 Å². The van der Waals surface area contributed by atoms with E-state index in [0.717, 1.165) is 25.7 Å². The van der Waals surface area contributed by atoms with Crippen LogP contribution >= 0.6 is 11.8 Å². The smallest absolute Gasteiger partial charge is 0.305 e. The Hall–Kier alpha value is -1.32. The van der Waals surface area contributed by atoms with Crippen molar-refractivity contribution in [3.63, 3.8) is 0 Å². The Morgan fingerprint density at radius 3 is 1.78 bits per heavy atom. The number of carbonyl (C=O) groups is 3. The van der Waals surface area contributed by atoms with Gasteiger partial charge in [-0.25, -0.2) is 0 Å². The van der Waals surface area contributed by atoms with E-state index in [1.807, 2.05) is 11.8 Å². The Labute approximate surface area is 165 Å². The van der Waals surface area contributed by atoms with Gasteiger partial charge in [0.2, 0.25) is 11.8 Å². The molecule has 0 spiro atoms. The summed E-state index contributed by atoms with van der Waals surface area (Å²) in [4.78, 5) is 37.6. The molecule has 9 heteroatoms. The van der Waals surface area contributed by atoms with Crippen LogP contribution in [-0.4, -0.2) is 60.9 Å². The summed E-state index contributed by atoms with van der Waals surface area (Å²) in [6.07, 6.45) is 2.87. The molecule has 1 saturated heterocycles. The number of primary amides is 1. The average Bonchev–Trinajstić information content (AvgIpc) is 2.58. The highest BCUT2D eigenvalue weighted by Gasteiger charge is 2.64. The number of hydrogen-bond donors (Lipinski definition) is 3. The van der Waals surface area contributed by atoms with Gasteiger partial charge in [0.05, 0.1) is 18.5 Å². The van der Waals surface area contributed by atoms with E-state index >= 15 is 0 Å². The van der Waals surface area contributed by atoms with Crippen molar-refractivity contribution in [2.24, 2.45) is 11.5 Å². The van der Waals surface area contributed by atoms with Crippen LogP contribution in [0, 0.1) is 0 Å². The summed E-state index contributed by atoms with van der Waals surface area (Å²) in [5, 5.41) is 9.02. The fourth-order valence-corrected chi connectivity index (χ4v) is 6.26. The van der Waals surface area contributed by atoms with E-state index < -0.39 is 36.3 Å². The molecule has 0 aliphatic carbocycles. The fourth-order valence-electron chi connectivity index (χ4n) is 4.15. The van der Waals surface area contributed by atoms with E-state index in [2.05, 4.69) is 27.7 Å². The maximum atomic E-state index is 13.1. The van der Waals surface area contributed by atoms with E-state index in [-0.39, 0.29) is 21.0 Å². The quantitative estimate of drug-likeness (QED) is 0.490. The average molecular weight is 406 g/mol. The van der Waals surface area contributed by atoms with Crippen molar-refractivity contribution in [1.82, 2.24) is 4.90 Å². The highest BCUT2D eigenvalue weighted by Crippen LogP contribution is 2.63. The molecule has 158 valence electrons. The Bertz CT molecular complexity index is 531. The van der Waals surface area contributed by atoms with Gasteiger partial charge in [-0.1, -0.05) is 27.7 Å². The summed E-state index contributed by atoms with van der Waals surface area (Å²) in [6, 6.07) is -2.25. The van der Waals surface area contributed by atoms with E-state index in [1.165, 1.54) is 4.90 Å². The Kier molecular flexibility index (Phi) is 9.27. The number of thioether (sulfide) groups is 1. The van der Waals surface area contributed by atoms with E-state index in [4.69, 9.17) is 16.6 Å². The fraction of sp³-hybridized carbons (Fsp3) is 0.833. The lowest BCUT2D eigenvalue weighted by molar-refractivity contribution is -0.148. The summed E-state index contributed by atoms with van der Waals surface area (Å²) >= 11 is 1.87. The largest absolute Gasteiger partial charge is 0.481 e. The minimum absolute atomic E-state index is 0. The SMILES string of the molecule is CCC1(CC)SC(CC)(CC)C1N(C(=O)[C@@H](N)CC(=O)O)[C@H](C)C(N)=O.O. The molecule has 1 aliphatic rings. The maximum absolute atomic E-state index is 13.1. The van der Waals surface area contributed by atoms with Crippen LogP contribution in [0.5, 0.6) is 0 Å². The van der Waals surface area contributed by atoms with Crippen LogP contribution in [-0.2, 0) is 14.4 Å². The summed E-state index contributed by atoms with van der Waals surface area (Å²) < 4.78 is -0.372. The number of amides is 2. The summed E-state index contributed by atoms with van der Waals surface area (Å²) in [6.45, 7) is 9.91. The van der Waals surface area contributed by atoms with E-state index in [1.54, 1.807) is 6.92 Å². The van der Waals surface area contributed by atoms with Gasteiger partial charge < -0.3 is 26.9 Å². The van der Waals surface area contributed by atoms with Gasteiger partial charge in [-0.3, -0.25) is 14.4 Å². The highest BCUT2D eigenvalue weighted by atomic mass is 32.2. The zero-order valence-electron chi connectivity index (χ0n) is 16.9. The summed E-state index contributed by atoms with van der Waals surface area (Å²) in [7, 11) is 0. The molecule has 8 nitrogen and oxygen atoms in total. The summed E-state index contributed by atoms with van der Waals surface area (Å²) in [5.41, 5.74) is 11.4. The molecule has 1 fully saturated rings. The van der Waals surface area contributed by atoms with Crippen molar-refractivity contribution in [2.45, 2.75) is 94.3 Å². The lowest BCUT2D eigenvalue weighted by atomic mass is 9.76. The first-order valence-electron chi connectivity index (χ1n) is 9.34. The molecule has 1 rings (SSSR count). The van der Waals surface area contributed by atoms with Crippen LogP contribution in [0.3, 0.4) is 0 Å². The standard InChI is InChI=1S/C18H33N3O4S.H2O/c1-6-17(7-2)16(18(8-3,9-4)26-17)21(11(5)14(20)24)15(25)12(19)10-13(22)23;/h11-12,16H,6-10,19H2,1-5H3,(H2,20,24)(H,22,23);1H2/t11-,12+;/m1./s1. The molecule has 0 aromatic heterocycles. The third-order valence-corrected chi connectivity index (χ3v) is 8.28. The molecule has 0 unspecified atom stereocenters. The monoisotopic (exact) mass is 405 g/mol. The molecule has 0 radical (unpaired) electrons. The molecule has 27 heavy (non-hydrogen) atoms. The second-order valence-corrected chi connectivity index (χ2v) is 8.91. The van der Waals surface area contributed by atoms with Crippen molar-refractivity contribution in [1.29, 1.82) is 0 Å². The number of rotatable bonds is 10. The molecule has 1 heterocycles. The van der Waals surface area contributed by atoms with Gasteiger partial charge in [-0.05, 0) is 32.6 Å². The molecule has 2 amide bonds. The number of carboxylic acid groups (broad SMARTS) is 1. The molecule has 0 aromatic carbocycles. The zero-order chi connectivity index (χ0) is 20.3. The van der Waals surface area contributed by atoms with Gasteiger partial charge in [0.1, 0.15) is 6.04 Å². The number of aliphatic carboxylic acids is 1. The Morgan fingerprint density at radius 2 is 1.48 bits per heavy atom. The van der Waals surface area contributed by atoms with Gasteiger partial charge in [-0.2, -0.15) is 0 Å². The van der Waals surface area contributed by atoms with Crippen LogP contribution in [0.25, 0.3) is 0 Å². The van der Waals surface area contributed by atoms with Crippen LogP contribution in [0.15, 0.2) is 0 Å². The Morgan fingerprint density at radius 1 is 1.07 bits per heavy atom. The predicted molar refractivity (Wildman–Crippen MR) is 107 cm³/mol. The van der Waals surface area contributed by atoms with E-state index in [9.17, 15) is 14.4 Å². The van der Waals surface area contributed by atoms with Gasteiger partial charge in [0.15, 0.2) is 0 Å². The van der Waals surface area contributed by atoms with Gasteiger partial charge in [0.25, 0.3) is 0 Å². The number of nitrogens with zero attached hydrogens (tertiary/aromatic N) is 1. The third-order valence-electron chi connectivity index (χ3n) is 5.87. The van der Waals surface area contributed by atoms with Crippen molar-refractivity contribution in [2.75, 3.05) is 0 Å². The minimum atomic E-state index is -1.20. The van der Waals surface area contributed by atoms with Crippen molar-refractivity contribution in [3.05, 3.63) is 0 Å². The van der Waals surface area contributed by atoms with Gasteiger partial charge in [-0.15, -0.1) is 11.8 Å². The third kappa shape index (κ3) is 4.57. The van der Waals surface area contributed by atoms with E-state index in [0.29, 0.717) is 0 Å². The molecule has 0 bridgehead atoms. The second kappa shape index (κ2) is 9.75. The van der Waals surface area contributed by atoms with Crippen LogP contribution < -0.4 is 11.5 Å². The van der Waals surface area contributed by atoms with Crippen molar-refractivity contribution in [3.8, 4) is 0 Å². The number of carboxylic acids is 1. The molecule has 2 atom stereocenters. The zero-order valence-corrected chi connectivity index (χ0v) is 17.8. The molecular weight excluding hydrogens is 370 g/mol. The van der Waals surface area contributed by atoms with Crippen LogP contribution in [0.4, 0.5) is 0 Å². The molecule has 0 saturated carbocycles. The molecule has 7 N–H and O–H groups in total. The highest BCUT2D eigenvalue weighted by molar-refractivity contribution is 8.03. The molecule has 0 aromatic rings. The number of carbonyl (C=O) groups excluding carboxylic acids is 2. The first kappa shape index (κ1) is 25.7. The van der Waals surface area contributed by atoms with Crippen molar-refractivity contribution >= 4 is 29.5 Å². The minimum Gasteiger partial charge on any atom is -0.481 e. The van der Waals surface area contributed by atoms with Gasteiger partial charge >= 0.3 is 5.97 Å².